The van der Waals surface area contributed by atoms with Crippen molar-refractivity contribution in [2.75, 3.05) is 17.4 Å². The Kier molecular flexibility index (Phi) is 9.57. The molecule has 7 nitrogen and oxygen atoms in total. The summed E-state index contributed by atoms with van der Waals surface area (Å²) in [6.45, 7) is 5.10. The van der Waals surface area contributed by atoms with Crippen LogP contribution in [0.3, 0.4) is 0 Å². The Balaban J connectivity index is 1.98. The highest BCUT2D eigenvalue weighted by atomic mass is 32.2. The monoisotopic (exact) mass is 543 g/mol. The molecule has 3 aromatic rings. The Morgan fingerprint density at radius 3 is 1.95 bits per heavy atom. The average molecular weight is 544 g/mol. The van der Waals surface area contributed by atoms with Gasteiger partial charge < -0.3 is 10.2 Å². The number of hydrogen-bond donors (Lipinski definition) is 1. The van der Waals surface area contributed by atoms with Gasteiger partial charge in [0.15, 0.2) is 0 Å². The molecule has 202 valence electrons. The van der Waals surface area contributed by atoms with E-state index in [-0.39, 0.29) is 23.0 Å². The molecule has 38 heavy (non-hydrogen) atoms. The molecule has 0 spiro atoms. The summed E-state index contributed by atoms with van der Waals surface area (Å²) < 4.78 is 55.2. The van der Waals surface area contributed by atoms with Gasteiger partial charge in [0, 0.05) is 13.1 Å². The molecule has 3 rings (SSSR count). The number of hydrogen-bond acceptors (Lipinski definition) is 4. The lowest BCUT2D eigenvalue weighted by Crippen LogP contribution is -2.51. The van der Waals surface area contributed by atoms with E-state index in [1.165, 1.54) is 53.4 Å². The second-order valence-electron chi connectivity index (χ2n) is 9.26. The lowest BCUT2D eigenvalue weighted by molar-refractivity contribution is -0.139. The van der Waals surface area contributed by atoms with Gasteiger partial charge in [-0.3, -0.25) is 13.9 Å². The molecule has 0 saturated heterocycles. The van der Waals surface area contributed by atoms with E-state index in [9.17, 15) is 26.8 Å². The first-order valence-corrected chi connectivity index (χ1v) is 13.6. The molecule has 3 aromatic carbocycles. The molecule has 0 bridgehead atoms. The number of sulfonamides is 1. The molecule has 0 aliphatic heterocycles. The van der Waals surface area contributed by atoms with Crippen molar-refractivity contribution in [3.63, 3.8) is 0 Å². The molecule has 2 amide bonds. The van der Waals surface area contributed by atoms with Crippen LogP contribution in [0.4, 0.5) is 14.5 Å². The fraction of sp³-hybridized carbons (Fsp3) is 0.286. The Labute approximate surface area is 222 Å². The first-order chi connectivity index (χ1) is 18.0. The van der Waals surface area contributed by atoms with Crippen molar-refractivity contribution in [3.8, 4) is 0 Å². The molecule has 1 N–H and O–H groups in total. The van der Waals surface area contributed by atoms with Crippen molar-refractivity contribution >= 4 is 27.5 Å². The second kappa shape index (κ2) is 12.6. The zero-order chi connectivity index (χ0) is 27.9. The Morgan fingerprint density at radius 2 is 1.39 bits per heavy atom. The number of benzene rings is 3. The highest BCUT2D eigenvalue weighted by Gasteiger charge is 2.32. The van der Waals surface area contributed by atoms with Gasteiger partial charge in [-0.15, -0.1) is 0 Å². The van der Waals surface area contributed by atoms with Crippen LogP contribution in [0.2, 0.25) is 0 Å². The van der Waals surface area contributed by atoms with Crippen molar-refractivity contribution in [3.05, 3.63) is 96.1 Å². The number of halogens is 2. The maximum Gasteiger partial charge on any atom is 0.264 e. The Morgan fingerprint density at radius 1 is 0.842 bits per heavy atom. The fourth-order valence-electron chi connectivity index (χ4n) is 3.68. The number of nitrogens with one attached hydrogen (secondary N) is 1. The predicted octanol–water partition coefficient (Wildman–Crippen LogP) is 4.35. The summed E-state index contributed by atoms with van der Waals surface area (Å²) in [7, 11) is -4.23. The number of carbonyl (C=O) groups is 2. The van der Waals surface area contributed by atoms with Crippen molar-refractivity contribution in [1.82, 2.24) is 10.2 Å². The smallest absolute Gasteiger partial charge is 0.264 e. The molecule has 0 fully saturated rings. The lowest BCUT2D eigenvalue weighted by atomic mass is 10.1. The first-order valence-electron chi connectivity index (χ1n) is 12.1. The van der Waals surface area contributed by atoms with E-state index >= 15 is 0 Å². The summed E-state index contributed by atoms with van der Waals surface area (Å²) in [6.07, 6.45) is 0. The van der Waals surface area contributed by atoms with Crippen LogP contribution >= 0.6 is 0 Å². The molecule has 10 heteroatoms. The zero-order valence-corrected chi connectivity index (χ0v) is 22.3. The van der Waals surface area contributed by atoms with E-state index in [4.69, 9.17) is 0 Å². The Hall–Kier alpha value is -3.79. The average Bonchev–Trinajstić information content (AvgIpc) is 2.90. The molecular weight excluding hydrogens is 512 g/mol. The largest absolute Gasteiger partial charge is 0.354 e. The summed E-state index contributed by atoms with van der Waals surface area (Å²) in [6, 6.07) is 16.8. The van der Waals surface area contributed by atoms with Gasteiger partial charge in [0.05, 0.1) is 10.6 Å². The van der Waals surface area contributed by atoms with Crippen LogP contribution in [0.25, 0.3) is 0 Å². The van der Waals surface area contributed by atoms with Gasteiger partial charge in [-0.05, 0) is 66.9 Å². The fourth-order valence-corrected chi connectivity index (χ4v) is 5.11. The van der Waals surface area contributed by atoms with E-state index in [2.05, 4.69) is 5.32 Å². The molecule has 0 aliphatic carbocycles. The van der Waals surface area contributed by atoms with E-state index in [1.807, 2.05) is 13.8 Å². The van der Waals surface area contributed by atoms with Crippen LogP contribution < -0.4 is 9.62 Å². The van der Waals surface area contributed by atoms with E-state index in [0.717, 1.165) is 16.4 Å². The van der Waals surface area contributed by atoms with E-state index < -0.39 is 46.1 Å². The van der Waals surface area contributed by atoms with Crippen LogP contribution in [0.1, 0.15) is 26.3 Å². The first kappa shape index (κ1) is 28.8. The minimum Gasteiger partial charge on any atom is -0.354 e. The number of carbonyl (C=O) groups excluding carboxylic acids is 2. The van der Waals surface area contributed by atoms with E-state index in [0.29, 0.717) is 12.1 Å². The van der Waals surface area contributed by atoms with Crippen LogP contribution in [0.5, 0.6) is 0 Å². The van der Waals surface area contributed by atoms with E-state index in [1.54, 1.807) is 25.1 Å². The highest BCUT2D eigenvalue weighted by Crippen LogP contribution is 2.25. The summed E-state index contributed by atoms with van der Waals surface area (Å²) in [5.41, 5.74) is 0.643. The molecule has 0 saturated carbocycles. The van der Waals surface area contributed by atoms with Crippen molar-refractivity contribution in [2.45, 2.75) is 38.3 Å². The van der Waals surface area contributed by atoms with Gasteiger partial charge in [0.1, 0.15) is 24.2 Å². The summed E-state index contributed by atoms with van der Waals surface area (Å²) in [5, 5.41) is 2.79. The standard InChI is InChI=1S/C28H31F2N3O4S/c1-20(2)17-31-28(35)21(3)32(18-22-9-11-23(29)12-10-22)27(34)19-33(25-15-13-24(30)14-16-25)38(36,37)26-7-5-4-6-8-26/h4-16,20-21H,17-19H2,1-3H3,(H,31,35)/t21-/m1/s1. The summed E-state index contributed by atoms with van der Waals surface area (Å²) >= 11 is 0. The third-order valence-corrected chi connectivity index (χ3v) is 7.63. The topological polar surface area (TPSA) is 86.8 Å². The van der Waals surface area contributed by atoms with Gasteiger partial charge in [-0.1, -0.05) is 44.2 Å². The van der Waals surface area contributed by atoms with Crippen molar-refractivity contribution in [1.29, 1.82) is 0 Å². The van der Waals surface area contributed by atoms with Crippen molar-refractivity contribution < 1.29 is 26.8 Å². The summed E-state index contributed by atoms with van der Waals surface area (Å²) in [4.78, 5) is 27.8. The SMILES string of the molecule is CC(C)CNC(=O)[C@@H](C)N(Cc1ccc(F)cc1)C(=O)CN(c1ccc(F)cc1)S(=O)(=O)c1ccccc1. The van der Waals surface area contributed by atoms with Crippen molar-refractivity contribution in [2.24, 2.45) is 5.92 Å². The summed E-state index contributed by atoms with van der Waals surface area (Å²) in [5.74, 6) is -1.91. The third-order valence-electron chi connectivity index (χ3n) is 5.84. The van der Waals surface area contributed by atoms with Crippen LogP contribution in [0, 0.1) is 17.6 Å². The number of anilines is 1. The zero-order valence-electron chi connectivity index (χ0n) is 21.5. The highest BCUT2D eigenvalue weighted by molar-refractivity contribution is 7.92. The van der Waals surface area contributed by atoms with Gasteiger partial charge in [0.25, 0.3) is 10.0 Å². The number of rotatable bonds is 11. The van der Waals surface area contributed by atoms with Gasteiger partial charge in [-0.2, -0.15) is 0 Å². The third kappa shape index (κ3) is 7.38. The minimum atomic E-state index is -4.23. The predicted molar refractivity (Wildman–Crippen MR) is 142 cm³/mol. The molecule has 0 heterocycles. The van der Waals surface area contributed by atoms with Crippen LogP contribution in [-0.2, 0) is 26.2 Å². The normalized spacial score (nSPS) is 12.2. The minimum absolute atomic E-state index is 0.0510. The molecule has 0 aromatic heterocycles. The molecule has 0 radical (unpaired) electrons. The maximum absolute atomic E-state index is 13.7. The molecular formula is C28H31F2N3O4S. The Bertz CT molecular complexity index is 1330. The van der Waals surface area contributed by atoms with Crippen LogP contribution in [-0.4, -0.2) is 44.3 Å². The lowest BCUT2D eigenvalue weighted by Gasteiger charge is -2.32. The second-order valence-corrected chi connectivity index (χ2v) is 11.1. The quantitative estimate of drug-likeness (QED) is 0.390. The number of nitrogens with zero attached hydrogens (tertiary/aromatic N) is 2. The molecule has 1 atom stereocenters. The molecule has 0 aliphatic rings. The van der Waals surface area contributed by atoms with Gasteiger partial charge in [-0.25, -0.2) is 17.2 Å². The van der Waals surface area contributed by atoms with Gasteiger partial charge in [0.2, 0.25) is 11.8 Å². The number of amides is 2. The maximum atomic E-state index is 13.7. The molecule has 0 unspecified atom stereocenters. The van der Waals surface area contributed by atoms with Crippen LogP contribution in [0.15, 0.2) is 83.8 Å². The van der Waals surface area contributed by atoms with Gasteiger partial charge >= 0.3 is 0 Å².